The highest BCUT2D eigenvalue weighted by Crippen LogP contribution is 2.55. The summed E-state index contributed by atoms with van der Waals surface area (Å²) in [7, 11) is -8.14. The van der Waals surface area contributed by atoms with Gasteiger partial charge in [-0.15, -0.1) is 0 Å². The van der Waals surface area contributed by atoms with Crippen LogP contribution in [-0.2, 0) is 29.2 Å². The van der Waals surface area contributed by atoms with Crippen molar-refractivity contribution in [1.29, 1.82) is 0 Å². The van der Waals surface area contributed by atoms with Crippen molar-refractivity contribution in [3.05, 3.63) is 59.2 Å². The SMILES string of the molecule is CS(=O)(=O)CC[C@@H]1OCC[C@@]2(S(=O)(=O)c3ccc(F)c(F)c3)c3c(F)ccc(F)c3OC[C@@H]12. The third-order valence-corrected chi connectivity index (χ3v) is 9.72. The van der Waals surface area contributed by atoms with Crippen molar-refractivity contribution >= 4 is 19.7 Å². The van der Waals surface area contributed by atoms with E-state index >= 15 is 4.39 Å². The van der Waals surface area contributed by atoms with E-state index in [-0.39, 0.29) is 25.2 Å². The first kappa shape index (κ1) is 24.0. The number of sulfone groups is 2. The van der Waals surface area contributed by atoms with Gasteiger partial charge in [0, 0.05) is 18.8 Å². The second-order valence-electron chi connectivity index (χ2n) is 8.20. The minimum Gasteiger partial charge on any atom is -0.490 e. The standard InChI is InChI=1S/C21H20F4O6S2/c1-32(26,27)9-6-18-13-11-31-20-16(24)5-4-15(23)19(20)21(13,7-8-30-18)33(28,29)12-2-3-14(22)17(25)10-12/h2-5,10,13,18H,6-9,11H2,1H3/t13-,18-,21-/m0/s1. The summed E-state index contributed by atoms with van der Waals surface area (Å²) in [5, 5.41) is 0. The first-order valence-corrected chi connectivity index (χ1v) is 13.5. The Kier molecular flexibility index (Phi) is 5.98. The van der Waals surface area contributed by atoms with E-state index in [4.69, 9.17) is 9.47 Å². The quantitative estimate of drug-likeness (QED) is 0.456. The van der Waals surface area contributed by atoms with E-state index in [1.54, 1.807) is 0 Å². The van der Waals surface area contributed by atoms with E-state index in [9.17, 15) is 30.0 Å². The second kappa shape index (κ2) is 8.24. The van der Waals surface area contributed by atoms with Crippen molar-refractivity contribution < 1.29 is 43.9 Å². The Morgan fingerprint density at radius 1 is 0.970 bits per heavy atom. The molecule has 2 heterocycles. The van der Waals surface area contributed by atoms with Crippen LogP contribution in [0.3, 0.4) is 0 Å². The van der Waals surface area contributed by atoms with Gasteiger partial charge in [-0.05, 0) is 43.2 Å². The zero-order valence-electron chi connectivity index (χ0n) is 17.4. The van der Waals surface area contributed by atoms with Crippen LogP contribution in [0, 0.1) is 29.2 Å². The predicted molar refractivity (Wildman–Crippen MR) is 109 cm³/mol. The molecule has 2 aromatic rings. The van der Waals surface area contributed by atoms with Crippen LogP contribution in [0.25, 0.3) is 0 Å². The lowest BCUT2D eigenvalue weighted by atomic mass is 9.75. The van der Waals surface area contributed by atoms with Gasteiger partial charge in [0.1, 0.15) is 20.4 Å². The van der Waals surface area contributed by atoms with Crippen LogP contribution in [-0.4, -0.2) is 48.2 Å². The molecule has 2 aromatic carbocycles. The molecule has 2 aliphatic heterocycles. The molecular formula is C21H20F4O6S2. The highest BCUT2D eigenvalue weighted by molar-refractivity contribution is 7.92. The normalized spacial score (nSPS) is 25.1. The van der Waals surface area contributed by atoms with Gasteiger partial charge in [-0.3, -0.25) is 0 Å². The van der Waals surface area contributed by atoms with Gasteiger partial charge >= 0.3 is 0 Å². The lowest BCUT2D eigenvalue weighted by Gasteiger charge is -2.50. The average Bonchev–Trinajstić information content (AvgIpc) is 2.75. The number of benzene rings is 2. The summed E-state index contributed by atoms with van der Waals surface area (Å²) in [4.78, 5) is -0.619. The third-order valence-electron chi connectivity index (χ3n) is 6.20. The molecule has 4 rings (SSSR count). The molecule has 0 amide bonds. The molecule has 0 saturated carbocycles. The monoisotopic (exact) mass is 508 g/mol. The Morgan fingerprint density at radius 2 is 1.64 bits per heavy atom. The fourth-order valence-electron chi connectivity index (χ4n) is 4.69. The van der Waals surface area contributed by atoms with Crippen molar-refractivity contribution in [2.24, 2.45) is 5.92 Å². The van der Waals surface area contributed by atoms with Crippen LogP contribution in [0.4, 0.5) is 17.6 Å². The van der Waals surface area contributed by atoms with Crippen molar-refractivity contribution in [3.63, 3.8) is 0 Å². The van der Waals surface area contributed by atoms with Gasteiger partial charge in [-0.1, -0.05) is 0 Å². The number of hydrogen-bond donors (Lipinski definition) is 0. The lowest BCUT2D eigenvalue weighted by molar-refractivity contribution is -0.0732. The Labute approximate surface area is 188 Å². The highest BCUT2D eigenvalue weighted by Gasteiger charge is 2.61. The third kappa shape index (κ3) is 3.91. The van der Waals surface area contributed by atoms with Crippen LogP contribution in [0.15, 0.2) is 35.2 Å². The summed E-state index contributed by atoms with van der Waals surface area (Å²) in [6.07, 6.45) is -0.438. The van der Waals surface area contributed by atoms with Crippen molar-refractivity contribution in [1.82, 2.24) is 0 Å². The summed E-state index contributed by atoms with van der Waals surface area (Å²) in [6.45, 7) is -0.631. The smallest absolute Gasteiger partial charge is 0.189 e. The van der Waals surface area contributed by atoms with Crippen LogP contribution in [0.1, 0.15) is 18.4 Å². The van der Waals surface area contributed by atoms with Crippen LogP contribution in [0.2, 0.25) is 0 Å². The molecular weight excluding hydrogens is 488 g/mol. The molecule has 180 valence electrons. The fourth-order valence-corrected chi connectivity index (χ4v) is 7.71. The molecule has 12 heteroatoms. The number of fused-ring (bicyclic) bond motifs is 3. The highest BCUT2D eigenvalue weighted by atomic mass is 32.2. The van der Waals surface area contributed by atoms with E-state index in [1.807, 2.05) is 0 Å². The van der Waals surface area contributed by atoms with Gasteiger partial charge in [0.15, 0.2) is 33.0 Å². The van der Waals surface area contributed by atoms with Crippen LogP contribution in [0.5, 0.6) is 5.75 Å². The molecule has 0 spiro atoms. The van der Waals surface area contributed by atoms with Crippen molar-refractivity contribution in [2.45, 2.75) is 28.6 Å². The minimum absolute atomic E-state index is 0.117. The van der Waals surface area contributed by atoms with E-state index in [0.717, 1.165) is 24.5 Å². The van der Waals surface area contributed by atoms with Gasteiger partial charge in [0.2, 0.25) is 0 Å². The number of ether oxygens (including phenoxy) is 2. The van der Waals surface area contributed by atoms with Crippen molar-refractivity contribution in [3.8, 4) is 5.75 Å². The molecule has 0 aromatic heterocycles. The molecule has 6 nitrogen and oxygen atoms in total. The van der Waals surface area contributed by atoms with Gasteiger partial charge < -0.3 is 9.47 Å². The summed E-state index contributed by atoms with van der Waals surface area (Å²) in [5.41, 5.74) is -0.559. The summed E-state index contributed by atoms with van der Waals surface area (Å²) in [5.74, 6) is -6.79. The topological polar surface area (TPSA) is 86.7 Å². The molecule has 3 atom stereocenters. The van der Waals surface area contributed by atoms with E-state index in [2.05, 4.69) is 0 Å². The zero-order chi connectivity index (χ0) is 24.2. The van der Waals surface area contributed by atoms with E-state index in [1.165, 1.54) is 0 Å². The Bertz CT molecular complexity index is 1310. The van der Waals surface area contributed by atoms with Crippen LogP contribution < -0.4 is 4.74 Å². The van der Waals surface area contributed by atoms with Gasteiger partial charge in [0.25, 0.3) is 0 Å². The van der Waals surface area contributed by atoms with E-state index in [0.29, 0.717) is 12.1 Å². The first-order chi connectivity index (χ1) is 15.4. The average molecular weight is 509 g/mol. The van der Waals surface area contributed by atoms with Gasteiger partial charge in [-0.25, -0.2) is 34.4 Å². The maximum Gasteiger partial charge on any atom is 0.189 e. The lowest BCUT2D eigenvalue weighted by Crippen LogP contribution is -2.57. The Hall–Kier alpha value is -2.18. The van der Waals surface area contributed by atoms with Crippen molar-refractivity contribution in [2.75, 3.05) is 25.2 Å². The van der Waals surface area contributed by atoms with E-state index < -0.39 is 82.5 Å². The maximum absolute atomic E-state index is 15.2. The Balaban J connectivity index is 1.97. The number of halogens is 4. The summed E-state index contributed by atoms with van der Waals surface area (Å²) < 4.78 is 118. The first-order valence-electron chi connectivity index (χ1n) is 9.99. The molecule has 33 heavy (non-hydrogen) atoms. The molecule has 0 N–H and O–H groups in total. The number of hydrogen-bond acceptors (Lipinski definition) is 6. The molecule has 0 bridgehead atoms. The molecule has 1 saturated heterocycles. The second-order valence-corrected chi connectivity index (χ2v) is 12.7. The summed E-state index contributed by atoms with van der Waals surface area (Å²) >= 11 is 0. The number of rotatable bonds is 5. The van der Waals surface area contributed by atoms with Gasteiger partial charge in [0.05, 0.1) is 28.9 Å². The largest absolute Gasteiger partial charge is 0.490 e. The molecule has 1 fully saturated rings. The molecule has 2 aliphatic rings. The maximum atomic E-state index is 15.2. The Morgan fingerprint density at radius 3 is 2.30 bits per heavy atom. The minimum atomic E-state index is -4.69. The molecule has 0 unspecified atom stereocenters. The van der Waals surface area contributed by atoms with Crippen LogP contribution >= 0.6 is 0 Å². The van der Waals surface area contributed by atoms with Gasteiger partial charge in [-0.2, -0.15) is 0 Å². The zero-order valence-corrected chi connectivity index (χ0v) is 19.0. The summed E-state index contributed by atoms with van der Waals surface area (Å²) in [6, 6.07) is 3.55. The molecule has 0 aliphatic carbocycles. The predicted octanol–water partition coefficient (Wildman–Crippen LogP) is 3.14. The molecule has 0 radical (unpaired) electrons. The fraction of sp³-hybridized carbons (Fsp3) is 0.429.